The molecule has 0 aliphatic carbocycles. The van der Waals surface area contributed by atoms with Crippen molar-refractivity contribution in [3.8, 4) is 0 Å². The summed E-state index contributed by atoms with van der Waals surface area (Å²) in [5.41, 5.74) is 0. The summed E-state index contributed by atoms with van der Waals surface area (Å²) in [5, 5.41) is 29.0. The van der Waals surface area contributed by atoms with Gasteiger partial charge in [0.1, 0.15) is 24.4 Å². The van der Waals surface area contributed by atoms with Crippen molar-refractivity contribution in [2.75, 3.05) is 19.8 Å². The Bertz CT molecular complexity index is 363. The Hall–Kier alpha value is -0.460. The fourth-order valence-corrected chi connectivity index (χ4v) is 3.70. The molecule has 0 spiro atoms. The maximum absolute atomic E-state index is 9.94. The van der Waals surface area contributed by atoms with Gasteiger partial charge < -0.3 is 24.8 Å². The van der Waals surface area contributed by atoms with E-state index in [9.17, 15) is 15.3 Å². The van der Waals surface area contributed by atoms with Gasteiger partial charge in [-0.05, 0) is 19.3 Å². The third kappa shape index (κ3) is 12.2. The predicted octanol–water partition coefficient (Wildman–Crippen LogP) is 4.13. The highest BCUT2D eigenvalue weighted by atomic mass is 16.5. The van der Waals surface area contributed by atoms with Gasteiger partial charge in [-0.1, -0.05) is 76.7 Å². The fraction of sp³-hybridized carbons (Fsp3) is 0.913. The summed E-state index contributed by atoms with van der Waals surface area (Å²) in [6.45, 7) is 4.59. The van der Waals surface area contributed by atoms with Crippen LogP contribution >= 0.6 is 0 Å². The van der Waals surface area contributed by atoms with E-state index in [1.165, 1.54) is 77.0 Å². The van der Waals surface area contributed by atoms with E-state index in [1.54, 1.807) is 0 Å². The molecule has 1 fully saturated rings. The summed E-state index contributed by atoms with van der Waals surface area (Å²) < 4.78 is 10.7. The zero-order chi connectivity index (χ0) is 20.5. The van der Waals surface area contributed by atoms with E-state index in [2.05, 4.69) is 6.58 Å². The molecule has 1 rings (SSSR count). The monoisotopic (exact) mass is 400 g/mol. The van der Waals surface area contributed by atoms with Crippen molar-refractivity contribution >= 4 is 0 Å². The lowest BCUT2D eigenvalue weighted by Crippen LogP contribution is -2.40. The molecule has 166 valence electrons. The lowest BCUT2D eigenvalue weighted by Gasteiger charge is -2.20. The second-order valence-electron chi connectivity index (χ2n) is 8.17. The second kappa shape index (κ2) is 17.4. The fourth-order valence-electron chi connectivity index (χ4n) is 3.70. The summed E-state index contributed by atoms with van der Waals surface area (Å²) in [5.74, 6) is 0. The predicted molar refractivity (Wildman–Crippen MR) is 113 cm³/mol. The molecule has 28 heavy (non-hydrogen) atoms. The number of hydrogen-bond acceptors (Lipinski definition) is 5. The third-order valence-corrected chi connectivity index (χ3v) is 5.56. The van der Waals surface area contributed by atoms with Gasteiger partial charge in [-0.2, -0.15) is 0 Å². The van der Waals surface area contributed by atoms with Crippen molar-refractivity contribution < 1.29 is 24.8 Å². The summed E-state index contributed by atoms with van der Waals surface area (Å²) in [6, 6.07) is 0. The first-order valence-corrected chi connectivity index (χ1v) is 11.5. The molecular weight excluding hydrogens is 356 g/mol. The van der Waals surface area contributed by atoms with E-state index in [0.717, 1.165) is 12.8 Å². The molecule has 0 aromatic rings. The Labute approximate surface area is 172 Å². The average Bonchev–Trinajstić information content (AvgIpc) is 3.03. The lowest BCUT2D eigenvalue weighted by atomic mass is 10.0. The molecule has 4 atom stereocenters. The van der Waals surface area contributed by atoms with Crippen molar-refractivity contribution in [2.45, 2.75) is 114 Å². The van der Waals surface area contributed by atoms with E-state index < -0.39 is 24.4 Å². The number of unbranched alkanes of at least 4 members (excludes halogenated alkanes) is 13. The van der Waals surface area contributed by atoms with Crippen LogP contribution in [-0.2, 0) is 9.47 Å². The molecule has 0 radical (unpaired) electrons. The molecule has 0 amide bonds. The standard InChI is InChI=1S/C23H44O5/c1-2-3-4-5-6-7-8-9-10-11-12-13-14-15-16-17-27-18-21(25)23-22(26)20(24)19-28-23/h2,20-26H,1,3-19H2/t20-,21+,22+,23+/m1/s1. The first-order chi connectivity index (χ1) is 13.7. The zero-order valence-electron chi connectivity index (χ0n) is 17.8. The van der Waals surface area contributed by atoms with E-state index >= 15 is 0 Å². The lowest BCUT2D eigenvalue weighted by molar-refractivity contribution is -0.0813. The summed E-state index contributed by atoms with van der Waals surface area (Å²) in [7, 11) is 0. The number of hydrogen-bond donors (Lipinski definition) is 3. The van der Waals surface area contributed by atoms with Crippen molar-refractivity contribution in [3.63, 3.8) is 0 Å². The topological polar surface area (TPSA) is 79.2 Å². The Morgan fingerprint density at radius 3 is 1.82 bits per heavy atom. The highest BCUT2D eigenvalue weighted by Gasteiger charge is 2.39. The van der Waals surface area contributed by atoms with Gasteiger partial charge in [-0.25, -0.2) is 0 Å². The van der Waals surface area contributed by atoms with Gasteiger partial charge in [-0.3, -0.25) is 0 Å². The molecule has 5 nitrogen and oxygen atoms in total. The van der Waals surface area contributed by atoms with Crippen LogP contribution in [0.3, 0.4) is 0 Å². The smallest absolute Gasteiger partial charge is 0.114 e. The van der Waals surface area contributed by atoms with Gasteiger partial charge in [0.25, 0.3) is 0 Å². The van der Waals surface area contributed by atoms with Gasteiger partial charge in [0.2, 0.25) is 0 Å². The largest absolute Gasteiger partial charge is 0.388 e. The molecular formula is C23H44O5. The van der Waals surface area contributed by atoms with E-state index in [1.807, 2.05) is 6.08 Å². The van der Waals surface area contributed by atoms with Crippen LogP contribution in [0, 0.1) is 0 Å². The molecule has 1 aliphatic heterocycles. The van der Waals surface area contributed by atoms with E-state index in [0.29, 0.717) is 6.61 Å². The number of aliphatic hydroxyl groups excluding tert-OH is 3. The molecule has 0 aromatic carbocycles. The molecule has 5 heteroatoms. The molecule has 0 aromatic heterocycles. The zero-order valence-corrected chi connectivity index (χ0v) is 17.8. The SMILES string of the molecule is C=CCCCCCCCCCCCCCCCOC[C@H](O)[C@@H]1OC[C@@H](O)[C@@H]1O. The van der Waals surface area contributed by atoms with E-state index in [4.69, 9.17) is 9.47 Å². The molecule has 1 heterocycles. The van der Waals surface area contributed by atoms with Gasteiger partial charge in [0, 0.05) is 6.61 Å². The maximum atomic E-state index is 9.94. The molecule has 0 bridgehead atoms. The highest BCUT2D eigenvalue weighted by Crippen LogP contribution is 2.18. The van der Waals surface area contributed by atoms with Crippen LogP contribution in [-0.4, -0.2) is 59.6 Å². The Morgan fingerprint density at radius 2 is 1.36 bits per heavy atom. The summed E-state index contributed by atoms with van der Waals surface area (Å²) in [4.78, 5) is 0. The van der Waals surface area contributed by atoms with Gasteiger partial charge in [0.05, 0.1) is 13.2 Å². The molecule has 0 saturated carbocycles. The minimum absolute atomic E-state index is 0.0684. The number of allylic oxidation sites excluding steroid dienone is 1. The molecule has 3 N–H and O–H groups in total. The van der Waals surface area contributed by atoms with Gasteiger partial charge >= 0.3 is 0 Å². The van der Waals surface area contributed by atoms with Crippen molar-refractivity contribution in [1.82, 2.24) is 0 Å². The minimum atomic E-state index is -1.03. The molecule has 0 unspecified atom stereocenters. The van der Waals surface area contributed by atoms with Gasteiger partial charge in [-0.15, -0.1) is 6.58 Å². The van der Waals surface area contributed by atoms with Crippen LogP contribution in [0.25, 0.3) is 0 Å². The van der Waals surface area contributed by atoms with Gasteiger partial charge in [0.15, 0.2) is 0 Å². The Balaban J connectivity index is 1.76. The van der Waals surface area contributed by atoms with Crippen LogP contribution in [0.2, 0.25) is 0 Å². The van der Waals surface area contributed by atoms with E-state index in [-0.39, 0.29) is 13.2 Å². The number of ether oxygens (including phenoxy) is 2. The Kier molecular flexibility index (Phi) is 15.9. The summed E-state index contributed by atoms with van der Waals surface area (Å²) in [6.07, 6.45) is 16.6. The third-order valence-electron chi connectivity index (χ3n) is 5.56. The first kappa shape index (κ1) is 25.6. The van der Waals surface area contributed by atoms with Crippen LogP contribution < -0.4 is 0 Å². The normalized spacial score (nSPS) is 23.2. The van der Waals surface area contributed by atoms with Crippen LogP contribution in [0.5, 0.6) is 0 Å². The highest BCUT2D eigenvalue weighted by molar-refractivity contribution is 4.87. The maximum Gasteiger partial charge on any atom is 0.114 e. The Morgan fingerprint density at radius 1 is 0.857 bits per heavy atom. The molecule has 1 saturated heterocycles. The average molecular weight is 401 g/mol. The number of rotatable bonds is 19. The summed E-state index contributed by atoms with van der Waals surface area (Å²) >= 11 is 0. The van der Waals surface area contributed by atoms with Crippen LogP contribution in [0.1, 0.15) is 89.9 Å². The van der Waals surface area contributed by atoms with Crippen LogP contribution in [0.15, 0.2) is 12.7 Å². The quantitative estimate of drug-likeness (QED) is 0.224. The van der Waals surface area contributed by atoms with Crippen LogP contribution in [0.4, 0.5) is 0 Å². The van der Waals surface area contributed by atoms with Crippen molar-refractivity contribution in [1.29, 1.82) is 0 Å². The van der Waals surface area contributed by atoms with Crippen molar-refractivity contribution in [2.24, 2.45) is 0 Å². The molecule has 1 aliphatic rings. The first-order valence-electron chi connectivity index (χ1n) is 11.5. The minimum Gasteiger partial charge on any atom is -0.388 e. The second-order valence-corrected chi connectivity index (χ2v) is 8.17. The number of aliphatic hydroxyl groups is 3. The van der Waals surface area contributed by atoms with Crippen molar-refractivity contribution in [3.05, 3.63) is 12.7 Å².